The summed E-state index contributed by atoms with van der Waals surface area (Å²) in [5, 5.41) is 0. The summed E-state index contributed by atoms with van der Waals surface area (Å²) >= 11 is 0. The highest BCUT2D eigenvalue weighted by atomic mass is 32.2. The van der Waals surface area contributed by atoms with Gasteiger partial charge in [0, 0.05) is 17.8 Å². The van der Waals surface area contributed by atoms with Crippen molar-refractivity contribution < 1.29 is 8.42 Å². The van der Waals surface area contributed by atoms with Crippen molar-refractivity contribution in [3.8, 4) is 0 Å². The first-order valence-electron chi connectivity index (χ1n) is 6.42. The van der Waals surface area contributed by atoms with Crippen molar-refractivity contribution in [2.24, 2.45) is 11.3 Å². The Hall–Kier alpha value is -1.18. The van der Waals surface area contributed by atoms with Gasteiger partial charge >= 0.3 is 0 Å². The van der Waals surface area contributed by atoms with Crippen LogP contribution in [0.1, 0.15) is 41.0 Å². The fraction of sp³-hybridized carbons (Fsp3) is 0.615. The van der Waals surface area contributed by atoms with E-state index >= 15 is 0 Å². The highest BCUT2D eigenvalue weighted by molar-refractivity contribution is 7.89. The Labute approximate surface area is 121 Å². The molecule has 0 radical (unpaired) electrons. The van der Waals surface area contributed by atoms with Gasteiger partial charge in [0.25, 0.3) is 0 Å². The number of hydrogen-bond acceptors (Lipinski definition) is 5. The van der Waals surface area contributed by atoms with Crippen LogP contribution >= 0.6 is 0 Å². The molecule has 7 heteroatoms. The molecule has 0 aliphatic rings. The highest BCUT2D eigenvalue weighted by Crippen LogP contribution is 2.28. The first-order valence-corrected chi connectivity index (χ1v) is 7.90. The lowest BCUT2D eigenvalue weighted by atomic mass is 9.82. The van der Waals surface area contributed by atoms with Crippen LogP contribution in [0.2, 0.25) is 0 Å². The SMILES string of the molecule is CC(C)(C)CC(C)(C)NS(=O)(=O)c1ccnc(NN)c1. The summed E-state index contributed by atoms with van der Waals surface area (Å²) in [6.45, 7) is 9.97. The molecule has 4 N–H and O–H groups in total. The predicted molar refractivity (Wildman–Crippen MR) is 80.5 cm³/mol. The van der Waals surface area contributed by atoms with E-state index in [1.165, 1.54) is 18.3 Å². The van der Waals surface area contributed by atoms with Crippen LogP contribution in [0, 0.1) is 5.41 Å². The van der Waals surface area contributed by atoms with Gasteiger partial charge in [-0.25, -0.2) is 24.0 Å². The lowest BCUT2D eigenvalue weighted by Crippen LogP contribution is -2.45. The van der Waals surface area contributed by atoms with Crippen molar-refractivity contribution in [1.82, 2.24) is 9.71 Å². The summed E-state index contributed by atoms with van der Waals surface area (Å²) in [6, 6.07) is 2.84. The van der Waals surface area contributed by atoms with Crippen LogP contribution < -0.4 is 16.0 Å². The number of hydrazine groups is 1. The zero-order valence-corrected chi connectivity index (χ0v) is 13.5. The van der Waals surface area contributed by atoms with Crippen molar-refractivity contribution in [2.45, 2.75) is 51.5 Å². The van der Waals surface area contributed by atoms with Gasteiger partial charge in [-0.2, -0.15) is 0 Å². The lowest BCUT2D eigenvalue weighted by Gasteiger charge is -2.32. The second-order valence-electron chi connectivity index (χ2n) is 6.75. The number of anilines is 1. The number of pyridine rings is 1. The third-order valence-corrected chi connectivity index (χ3v) is 4.27. The Balaban J connectivity index is 2.99. The molecule has 0 saturated heterocycles. The average Bonchev–Trinajstić information content (AvgIpc) is 2.24. The number of nitrogens with zero attached hydrogens (tertiary/aromatic N) is 1. The van der Waals surface area contributed by atoms with Gasteiger partial charge in [0.05, 0.1) is 4.90 Å². The van der Waals surface area contributed by atoms with Crippen LogP contribution in [0.5, 0.6) is 0 Å². The smallest absolute Gasteiger partial charge is 0.241 e. The third-order valence-electron chi connectivity index (χ3n) is 2.57. The molecule has 0 saturated carbocycles. The molecule has 6 nitrogen and oxygen atoms in total. The van der Waals surface area contributed by atoms with Crippen LogP contribution in [-0.2, 0) is 10.0 Å². The number of nitrogens with one attached hydrogen (secondary N) is 2. The Morgan fingerprint density at radius 1 is 1.25 bits per heavy atom. The van der Waals surface area contributed by atoms with Crippen LogP contribution in [0.3, 0.4) is 0 Å². The topological polar surface area (TPSA) is 97.1 Å². The van der Waals surface area contributed by atoms with E-state index in [9.17, 15) is 8.42 Å². The number of nitrogens with two attached hydrogens (primary N) is 1. The molecule has 20 heavy (non-hydrogen) atoms. The van der Waals surface area contributed by atoms with Gasteiger partial charge < -0.3 is 5.43 Å². The quantitative estimate of drug-likeness (QED) is 0.569. The minimum absolute atomic E-state index is 0.0221. The molecule has 1 rings (SSSR count). The summed E-state index contributed by atoms with van der Waals surface area (Å²) in [6.07, 6.45) is 2.12. The molecule has 1 aromatic rings. The highest BCUT2D eigenvalue weighted by Gasteiger charge is 2.30. The number of sulfonamides is 1. The molecule has 0 fully saturated rings. The van der Waals surface area contributed by atoms with Crippen molar-refractivity contribution in [3.63, 3.8) is 0 Å². The van der Waals surface area contributed by atoms with Crippen molar-refractivity contribution in [2.75, 3.05) is 5.43 Å². The van der Waals surface area contributed by atoms with E-state index in [1.54, 1.807) is 0 Å². The first kappa shape index (κ1) is 16.9. The van der Waals surface area contributed by atoms with E-state index in [0.29, 0.717) is 12.2 Å². The van der Waals surface area contributed by atoms with Gasteiger partial charge in [-0.15, -0.1) is 0 Å². The van der Waals surface area contributed by atoms with Gasteiger partial charge in [0.2, 0.25) is 10.0 Å². The Morgan fingerprint density at radius 2 is 1.85 bits per heavy atom. The van der Waals surface area contributed by atoms with Crippen LogP contribution in [-0.4, -0.2) is 18.9 Å². The standard InChI is InChI=1S/C13H24N4O2S/c1-12(2,3)9-13(4,5)17-20(18,19)10-6-7-15-11(8-10)16-14/h6-8,17H,9,14H2,1-5H3,(H,15,16). The Kier molecular flexibility index (Phi) is 4.78. The molecular weight excluding hydrogens is 276 g/mol. The molecular formula is C13H24N4O2S. The van der Waals surface area contributed by atoms with Gasteiger partial charge in [0.1, 0.15) is 5.82 Å². The zero-order valence-electron chi connectivity index (χ0n) is 12.7. The number of nitrogen functional groups attached to an aromatic ring is 1. The number of hydrogen-bond donors (Lipinski definition) is 3. The van der Waals surface area contributed by atoms with E-state index in [4.69, 9.17) is 5.84 Å². The van der Waals surface area contributed by atoms with E-state index in [2.05, 4.69) is 35.9 Å². The summed E-state index contributed by atoms with van der Waals surface area (Å²) in [7, 11) is -3.61. The lowest BCUT2D eigenvalue weighted by molar-refractivity contribution is 0.269. The molecule has 0 aromatic carbocycles. The summed E-state index contributed by atoms with van der Waals surface area (Å²) in [5.41, 5.74) is 1.81. The maximum Gasteiger partial charge on any atom is 0.241 e. The normalized spacial score (nSPS) is 13.3. The van der Waals surface area contributed by atoms with E-state index in [1.807, 2.05) is 13.8 Å². The van der Waals surface area contributed by atoms with Gasteiger partial charge in [-0.05, 0) is 31.7 Å². The van der Waals surface area contributed by atoms with Crippen molar-refractivity contribution >= 4 is 15.8 Å². The molecule has 0 bridgehead atoms. The molecule has 0 atom stereocenters. The Morgan fingerprint density at radius 3 is 2.35 bits per heavy atom. The summed E-state index contributed by atoms with van der Waals surface area (Å²) in [4.78, 5) is 4.04. The van der Waals surface area contributed by atoms with Gasteiger partial charge in [-0.1, -0.05) is 20.8 Å². The zero-order chi connectivity index (χ0) is 15.6. The van der Waals surface area contributed by atoms with Crippen molar-refractivity contribution in [1.29, 1.82) is 0 Å². The summed E-state index contributed by atoms with van der Waals surface area (Å²) in [5.74, 6) is 5.55. The Bertz CT molecular complexity index is 562. The minimum Gasteiger partial charge on any atom is -0.308 e. The monoisotopic (exact) mass is 300 g/mol. The summed E-state index contributed by atoms with van der Waals surface area (Å²) < 4.78 is 27.5. The van der Waals surface area contributed by atoms with Gasteiger partial charge in [-0.3, -0.25) is 0 Å². The predicted octanol–water partition coefficient (Wildman–Crippen LogP) is 1.86. The van der Waals surface area contributed by atoms with E-state index in [0.717, 1.165) is 0 Å². The molecule has 114 valence electrons. The number of rotatable bonds is 5. The second kappa shape index (κ2) is 5.67. The third kappa shape index (κ3) is 5.07. The van der Waals surface area contributed by atoms with Crippen molar-refractivity contribution in [3.05, 3.63) is 18.3 Å². The average molecular weight is 300 g/mol. The maximum atomic E-state index is 12.4. The molecule has 1 aromatic heterocycles. The van der Waals surface area contributed by atoms with Crippen LogP contribution in [0.25, 0.3) is 0 Å². The molecule has 0 aliphatic heterocycles. The molecule has 0 amide bonds. The van der Waals surface area contributed by atoms with E-state index < -0.39 is 15.6 Å². The van der Waals surface area contributed by atoms with E-state index in [-0.39, 0.29) is 10.3 Å². The number of aromatic nitrogens is 1. The van der Waals surface area contributed by atoms with Crippen LogP contribution in [0.15, 0.2) is 23.2 Å². The fourth-order valence-corrected chi connectivity index (χ4v) is 3.87. The molecule has 1 heterocycles. The van der Waals surface area contributed by atoms with Gasteiger partial charge in [0.15, 0.2) is 0 Å². The van der Waals surface area contributed by atoms with Crippen LogP contribution in [0.4, 0.5) is 5.82 Å². The largest absolute Gasteiger partial charge is 0.308 e. The molecule has 0 aliphatic carbocycles. The molecule has 0 unspecified atom stereocenters. The maximum absolute atomic E-state index is 12.4. The second-order valence-corrected chi connectivity index (χ2v) is 8.43. The minimum atomic E-state index is -3.61. The first-order chi connectivity index (χ1) is 8.95. The fourth-order valence-electron chi connectivity index (χ4n) is 2.44. The molecule has 0 spiro atoms.